The van der Waals surface area contributed by atoms with Crippen LogP contribution in [0.2, 0.25) is 0 Å². The number of aromatic hydroxyl groups is 2. The van der Waals surface area contributed by atoms with Crippen LogP contribution in [0, 0.1) is 0 Å². The Bertz CT molecular complexity index is 1020. The number of hydrogen-bond donors (Lipinski definition) is 4. The molecule has 3 aliphatic rings. The molecule has 2 aromatic carbocycles. The Labute approximate surface area is 148 Å². The van der Waals surface area contributed by atoms with Crippen molar-refractivity contribution in [2.75, 3.05) is 0 Å². The fourth-order valence-electron chi connectivity index (χ4n) is 5.00. The summed E-state index contributed by atoms with van der Waals surface area (Å²) in [5, 5.41) is 42.8. The van der Waals surface area contributed by atoms with Gasteiger partial charge in [-0.05, 0) is 35.2 Å². The second kappa shape index (κ2) is 4.72. The lowest BCUT2D eigenvalue weighted by molar-refractivity contribution is -0.106. The summed E-state index contributed by atoms with van der Waals surface area (Å²) in [6, 6.07) is 6.04. The highest BCUT2D eigenvalue weighted by Gasteiger charge is 2.57. The second-order valence-electron chi connectivity index (χ2n) is 7.29. The molecular weight excluding hydrogens is 336 g/mol. The van der Waals surface area contributed by atoms with Crippen molar-refractivity contribution in [1.29, 1.82) is 0 Å². The number of phenols is 2. The molecule has 5 rings (SSSR count). The number of rotatable bonds is 0. The lowest BCUT2D eigenvalue weighted by atomic mass is 9.57. The molecular formula is C20H16O6. The third kappa shape index (κ3) is 1.59. The molecule has 0 heterocycles. The number of Topliss-reactive ketones (excluding diaryl/α,β-unsaturated/α-hetero) is 2. The molecule has 0 saturated carbocycles. The average molecular weight is 352 g/mol. The first kappa shape index (κ1) is 15.5. The first-order valence-corrected chi connectivity index (χ1v) is 8.55. The van der Waals surface area contributed by atoms with Gasteiger partial charge in [-0.15, -0.1) is 0 Å². The summed E-state index contributed by atoms with van der Waals surface area (Å²) < 4.78 is 0. The Morgan fingerprint density at radius 2 is 1.58 bits per heavy atom. The maximum atomic E-state index is 12.5. The van der Waals surface area contributed by atoms with Crippen molar-refractivity contribution in [1.82, 2.24) is 0 Å². The van der Waals surface area contributed by atoms with E-state index in [1.165, 1.54) is 12.1 Å². The summed E-state index contributed by atoms with van der Waals surface area (Å²) in [7, 11) is 0. The standard InChI is InChI=1S/C20H16O6/c21-11-4-1-8-9-2-5-13(23)18-14(24)7-15(25)20(26,19(9)18)10-3-6-12(22)17(11)16(8)10/h1-2,4-5,10,15,21,23,25-26H,3,6-7H2/t10-,15+,20+/m1/s1. The molecule has 0 fully saturated rings. The fraction of sp³-hybridized carbons (Fsp3) is 0.300. The van der Waals surface area contributed by atoms with Crippen molar-refractivity contribution in [3.8, 4) is 22.6 Å². The molecule has 0 amide bonds. The summed E-state index contributed by atoms with van der Waals surface area (Å²) >= 11 is 0. The zero-order valence-corrected chi connectivity index (χ0v) is 13.7. The second-order valence-corrected chi connectivity index (χ2v) is 7.29. The third-order valence-corrected chi connectivity index (χ3v) is 6.08. The Morgan fingerprint density at radius 1 is 0.923 bits per heavy atom. The monoisotopic (exact) mass is 352 g/mol. The van der Waals surface area contributed by atoms with Gasteiger partial charge in [0.15, 0.2) is 11.6 Å². The summed E-state index contributed by atoms with van der Waals surface area (Å²) in [5.74, 6) is -1.65. The summed E-state index contributed by atoms with van der Waals surface area (Å²) in [5.41, 5.74) is 0.288. The molecule has 3 atom stereocenters. The van der Waals surface area contributed by atoms with Gasteiger partial charge in [0.1, 0.15) is 17.1 Å². The summed E-state index contributed by atoms with van der Waals surface area (Å²) in [4.78, 5) is 24.9. The van der Waals surface area contributed by atoms with Crippen LogP contribution >= 0.6 is 0 Å². The predicted octanol–water partition coefficient (Wildman–Crippen LogP) is 1.97. The molecule has 132 valence electrons. The minimum absolute atomic E-state index is 0.0347. The lowest BCUT2D eigenvalue weighted by Gasteiger charge is -2.49. The van der Waals surface area contributed by atoms with Crippen molar-refractivity contribution in [2.45, 2.75) is 36.9 Å². The molecule has 3 aliphatic carbocycles. The average Bonchev–Trinajstić information content (AvgIpc) is 2.60. The van der Waals surface area contributed by atoms with Gasteiger partial charge in [-0.2, -0.15) is 0 Å². The van der Waals surface area contributed by atoms with Crippen LogP contribution in [0.25, 0.3) is 11.1 Å². The minimum atomic E-state index is -1.80. The van der Waals surface area contributed by atoms with Crippen molar-refractivity contribution < 1.29 is 30.0 Å². The van der Waals surface area contributed by atoms with Crippen LogP contribution in [0.3, 0.4) is 0 Å². The molecule has 0 saturated heterocycles. The van der Waals surface area contributed by atoms with Gasteiger partial charge in [0.2, 0.25) is 0 Å². The van der Waals surface area contributed by atoms with E-state index in [0.29, 0.717) is 23.1 Å². The number of carbonyl (C=O) groups is 2. The summed E-state index contributed by atoms with van der Waals surface area (Å²) in [6.45, 7) is 0. The number of hydrogen-bond acceptors (Lipinski definition) is 6. The fourth-order valence-corrected chi connectivity index (χ4v) is 5.00. The number of aliphatic hydroxyl groups is 2. The first-order valence-electron chi connectivity index (χ1n) is 8.55. The topological polar surface area (TPSA) is 115 Å². The van der Waals surface area contributed by atoms with Crippen molar-refractivity contribution in [2.24, 2.45) is 0 Å². The molecule has 0 radical (unpaired) electrons. The third-order valence-electron chi connectivity index (χ3n) is 6.08. The molecule has 4 N–H and O–H groups in total. The molecule has 6 heteroatoms. The van der Waals surface area contributed by atoms with E-state index in [9.17, 15) is 30.0 Å². The minimum Gasteiger partial charge on any atom is -0.507 e. The molecule has 0 bridgehead atoms. The SMILES string of the molecule is O=C1CC[C@@H]2c3c(ccc(O)c31)-c1ccc(O)c3c1[C@@]2(O)[C@@H](O)CC3=O. The highest BCUT2D eigenvalue weighted by Crippen LogP contribution is 2.60. The van der Waals surface area contributed by atoms with Crippen LogP contribution in [-0.2, 0) is 5.60 Å². The maximum Gasteiger partial charge on any atom is 0.169 e. The van der Waals surface area contributed by atoms with Gasteiger partial charge in [-0.25, -0.2) is 0 Å². The van der Waals surface area contributed by atoms with Crippen LogP contribution < -0.4 is 0 Å². The number of benzene rings is 2. The van der Waals surface area contributed by atoms with Gasteiger partial charge in [0.05, 0.1) is 17.2 Å². The highest BCUT2D eigenvalue weighted by atomic mass is 16.3. The molecule has 0 spiro atoms. The van der Waals surface area contributed by atoms with E-state index in [0.717, 1.165) is 0 Å². The van der Waals surface area contributed by atoms with Crippen LogP contribution in [0.1, 0.15) is 57.0 Å². The van der Waals surface area contributed by atoms with Gasteiger partial charge in [-0.1, -0.05) is 12.1 Å². The van der Waals surface area contributed by atoms with E-state index in [2.05, 4.69) is 0 Å². The van der Waals surface area contributed by atoms with E-state index in [-0.39, 0.29) is 46.8 Å². The number of aliphatic hydroxyl groups excluding tert-OH is 1. The Morgan fingerprint density at radius 3 is 2.31 bits per heavy atom. The summed E-state index contributed by atoms with van der Waals surface area (Å²) in [6.07, 6.45) is -1.25. The number of fused-ring (bicyclic) bond motifs is 2. The van der Waals surface area contributed by atoms with Crippen molar-refractivity contribution in [3.05, 3.63) is 46.5 Å². The van der Waals surface area contributed by atoms with Crippen LogP contribution in [0.4, 0.5) is 0 Å². The number of carbonyl (C=O) groups excluding carboxylic acids is 2. The van der Waals surface area contributed by atoms with E-state index in [1.54, 1.807) is 12.1 Å². The zero-order chi connectivity index (χ0) is 18.4. The number of phenolic OH excluding ortho intramolecular Hbond substituents is 2. The van der Waals surface area contributed by atoms with E-state index >= 15 is 0 Å². The van der Waals surface area contributed by atoms with Gasteiger partial charge < -0.3 is 20.4 Å². The van der Waals surface area contributed by atoms with E-state index < -0.39 is 23.4 Å². The predicted molar refractivity (Wildman–Crippen MR) is 90.4 cm³/mol. The largest absolute Gasteiger partial charge is 0.507 e. The molecule has 0 aromatic heterocycles. The van der Waals surface area contributed by atoms with Crippen LogP contribution in [-0.4, -0.2) is 38.1 Å². The zero-order valence-electron chi connectivity index (χ0n) is 13.7. The lowest BCUT2D eigenvalue weighted by Crippen LogP contribution is -2.52. The van der Waals surface area contributed by atoms with E-state index in [1.807, 2.05) is 0 Å². The first-order chi connectivity index (χ1) is 12.4. The molecule has 6 nitrogen and oxygen atoms in total. The maximum absolute atomic E-state index is 12.5. The van der Waals surface area contributed by atoms with Crippen LogP contribution in [0.5, 0.6) is 11.5 Å². The Balaban J connectivity index is 1.98. The number of ketones is 2. The van der Waals surface area contributed by atoms with Gasteiger partial charge >= 0.3 is 0 Å². The smallest absolute Gasteiger partial charge is 0.169 e. The van der Waals surface area contributed by atoms with Gasteiger partial charge in [0.25, 0.3) is 0 Å². The Kier molecular flexibility index (Phi) is 2.82. The molecule has 0 unspecified atom stereocenters. The molecule has 0 aliphatic heterocycles. The van der Waals surface area contributed by atoms with E-state index in [4.69, 9.17) is 0 Å². The van der Waals surface area contributed by atoms with Crippen molar-refractivity contribution >= 4 is 11.6 Å². The quantitative estimate of drug-likeness (QED) is 0.576. The van der Waals surface area contributed by atoms with Crippen molar-refractivity contribution in [3.63, 3.8) is 0 Å². The molecule has 26 heavy (non-hydrogen) atoms. The normalized spacial score (nSPS) is 28.5. The van der Waals surface area contributed by atoms with Crippen LogP contribution in [0.15, 0.2) is 24.3 Å². The Hall–Kier alpha value is -2.70. The van der Waals surface area contributed by atoms with Gasteiger partial charge in [0, 0.05) is 24.3 Å². The molecule has 2 aromatic rings. The highest BCUT2D eigenvalue weighted by molar-refractivity contribution is 6.07. The van der Waals surface area contributed by atoms with Gasteiger partial charge in [-0.3, -0.25) is 9.59 Å².